The molecular formula is C19H30N2O10S2. The van der Waals surface area contributed by atoms with E-state index in [9.17, 15) is 15.0 Å². The highest BCUT2D eigenvalue weighted by Crippen LogP contribution is 2.30. The lowest BCUT2D eigenvalue weighted by Crippen LogP contribution is -2.53. The smallest absolute Gasteiger partial charge is 0.272 e. The molecule has 4 aliphatic rings. The van der Waals surface area contributed by atoms with Gasteiger partial charge in [-0.3, -0.25) is 4.79 Å². The third-order valence-electron chi connectivity index (χ3n) is 5.40. The Morgan fingerprint density at radius 3 is 2.45 bits per heavy atom. The first-order valence-corrected chi connectivity index (χ1v) is 13.1. The highest BCUT2D eigenvalue weighted by atomic mass is 33.1. The molecule has 6 unspecified atom stereocenters. The van der Waals surface area contributed by atoms with Crippen molar-refractivity contribution in [3.63, 3.8) is 0 Å². The van der Waals surface area contributed by atoms with E-state index in [2.05, 4.69) is 5.32 Å². The number of amides is 1. The van der Waals surface area contributed by atoms with E-state index < -0.39 is 37.7 Å². The molecule has 3 fully saturated rings. The fourth-order valence-corrected chi connectivity index (χ4v) is 5.93. The van der Waals surface area contributed by atoms with Crippen molar-refractivity contribution in [2.45, 2.75) is 63.3 Å². The second-order valence-electron chi connectivity index (χ2n) is 7.94. The van der Waals surface area contributed by atoms with Crippen LogP contribution in [0.2, 0.25) is 0 Å². The Kier molecular flexibility index (Phi) is 9.14. The maximum Gasteiger partial charge on any atom is 0.272 e. The average Bonchev–Trinajstić information content (AvgIpc) is 3.52. The molecule has 188 valence electrons. The molecule has 4 heterocycles. The van der Waals surface area contributed by atoms with Gasteiger partial charge in [0.1, 0.15) is 12.3 Å². The number of rotatable bonds is 10. The molecule has 0 spiro atoms. The van der Waals surface area contributed by atoms with Crippen LogP contribution in [0.25, 0.3) is 0 Å². The van der Waals surface area contributed by atoms with E-state index in [1.165, 1.54) is 11.1 Å². The van der Waals surface area contributed by atoms with Crippen LogP contribution < -0.4 is 5.32 Å². The van der Waals surface area contributed by atoms with Gasteiger partial charge in [-0.2, -0.15) is 0 Å². The van der Waals surface area contributed by atoms with E-state index in [1.54, 1.807) is 35.6 Å². The molecule has 12 nitrogen and oxygen atoms in total. The van der Waals surface area contributed by atoms with E-state index in [-0.39, 0.29) is 31.1 Å². The van der Waals surface area contributed by atoms with Gasteiger partial charge in [0, 0.05) is 36.8 Å². The second kappa shape index (κ2) is 11.9. The summed E-state index contributed by atoms with van der Waals surface area (Å²) >= 11 is 0. The van der Waals surface area contributed by atoms with Gasteiger partial charge in [-0.15, -0.1) is 0 Å². The van der Waals surface area contributed by atoms with Crippen LogP contribution in [0.4, 0.5) is 0 Å². The number of hydrogen-bond donors (Lipinski definition) is 3. The van der Waals surface area contributed by atoms with E-state index in [0.29, 0.717) is 18.8 Å². The maximum absolute atomic E-state index is 11.6. The summed E-state index contributed by atoms with van der Waals surface area (Å²) in [5.74, 6) is 1.15. The number of nitrogens with zero attached hydrogens (tertiary/aromatic N) is 1. The molecule has 1 amide bonds. The number of ether oxygens (including phenoxy) is 7. The van der Waals surface area contributed by atoms with Gasteiger partial charge >= 0.3 is 0 Å². The third-order valence-corrected chi connectivity index (χ3v) is 7.90. The number of nitrogens with one attached hydrogen (secondary N) is 1. The number of hydrogen-bond acceptors (Lipinski definition) is 13. The van der Waals surface area contributed by atoms with Crippen LogP contribution in [0, 0.1) is 0 Å². The molecule has 0 aliphatic carbocycles. The van der Waals surface area contributed by atoms with Gasteiger partial charge in [0.05, 0.1) is 38.1 Å². The number of carbonyl (C=O) groups excluding carboxylic acids is 1. The normalized spacial score (nSPS) is 39.2. The largest absolute Gasteiger partial charge is 0.390 e. The van der Waals surface area contributed by atoms with E-state index in [1.807, 2.05) is 0 Å². The Balaban J connectivity index is 1.12. The first kappa shape index (κ1) is 25.4. The lowest BCUT2D eigenvalue weighted by atomic mass is 10.2. The molecule has 3 N–H and O–H groups in total. The minimum atomic E-state index is -1.22. The van der Waals surface area contributed by atoms with Gasteiger partial charge in [-0.25, -0.2) is 0 Å². The van der Waals surface area contributed by atoms with Crippen LogP contribution in [-0.4, -0.2) is 109 Å². The lowest BCUT2D eigenvalue weighted by Gasteiger charge is -2.35. The Morgan fingerprint density at radius 2 is 1.79 bits per heavy atom. The summed E-state index contributed by atoms with van der Waals surface area (Å²) in [6, 6.07) is 0. The van der Waals surface area contributed by atoms with E-state index >= 15 is 0 Å². The molecule has 3 saturated heterocycles. The summed E-state index contributed by atoms with van der Waals surface area (Å²) in [5, 5.41) is 22.9. The summed E-state index contributed by atoms with van der Waals surface area (Å²) in [7, 11) is 4.87. The fourth-order valence-electron chi connectivity index (χ4n) is 3.60. The van der Waals surface area contributed by atoms with Crippen molar-refractivity contribution in [3.8, 4) is 0 Å². The predicted octanol–water partition coefficient (Wildman–Crippen LogP) is -0.484. The minimum Gasteiger partial charge on any atom is -0.390 e. The predicted molar refractivity (Wildman–Crippen MR) is 116 cm³/mol. The van der Waals surface area contributed by atoms with Crippen LogP contribution in [0.1, 0.15) is 13.3 Å². The Morgan fingerprint density at radius 1 is 1.12 bits per heavy atom. The number of carbonyl (C=O) groups is 1. The summed E-state index contributed by atoms with van der Waals surface area (Å²) in [6.07, 6.45) is -1.55. The highest BCUT2D eigenvalue weighted by Gasteiger charge is 2.41. The molecule has 0 aromatic rings. The van der Waals surface area contributed by atoms with Crippen molar-refractivity contribution in [1.82, 2.24) is 10.2 Å². The first-order chi connectivity index (χ1) is 15.9. The van der Waals surface area contributed by atoms with Crippen LogP contribution in [-0.2, 0) is 38.0 Å². The van der Waals surface area contributed by atoms with Crippen LogP contribution in [0.5, 0.6) is 0 Å². The third kappa shape index (κ3) is 6.73. The second-order valence-corrected chi connectivity index (χ2v) is 10.5. The zero-order valence-corrected chi connectivity index (χ0v) is 20.0. The van der Waals surface area contributed by atoms with Crippen molar-refractivity contribution >= 4 is 27.5 Å². The number of methoxy groups -OCH3 is 1. The quantitative estimate of drug-likeness (QED) is 0.258. The SMILES string of the molecule is COC1OCC(CSSCC2COC(OC[C@H]3O[C@@H](N4C=C(C)C(=O)NC4O)CC3O)O2)O1. The van der Waals surface area contributed by atoms with E-state index in [4.69, 9.17) is 33.2 Å². The molecule has 0 saturated carbocycles. The van der Waals surface area contributed by atoms with Gasteiger partial charge in [-0.1, -0.05) is 21.6 Å². The van der Waals surface area contributed by atoms with Gasteiger partial charge in [-0.05, 0) is 6.92 Å². The molecular weight excluding hydrogens is 480 g/mol. The molecule has 33 heavy (non-hydrogen) atoms. The van der Waals surface area contributed by atoms with Gasteiger partial charge in [0.2, 0.25) is 6.35 Å². The maximum atomic E-state index is 11.6. The zero-order valence-electron chi connectivity index (χ0n) is 18.4. The van der Waals surface area contributed by atoms with Crippen molar-refractivity contribution in [2.75, 3.05) is 38.4 Å². The van der Waals surface area contributed by atoms with Crippen molar-refractivity contribution in [1.29, 1.82) is 0 Å². The standard InChI is InChI=1S/C19H30N2O10S2/c1-10-4-21(17(24)20-16(10)23)15-3-13(22)14(31-15)7-28-19-27-6-12(30-19)9-33-32-8-11-5-26-18(25-2)29-11/h4,11-15,17-19,22,24H,3,5-9H2,1-2H3,(H,20,23)/t11?,12?,13?,14-,15-,17?,18?,19?/m1/s1. The van der Waals surface area contributed by atoms with Crippen molar-refractivity contribution in [2.24, 2.45) is 0 Å². The van der Waals surface area contributed by atoms with Crippen LogP contribution in [0.15, 0.2) is 11.8 Å². The van der Waals surface area contributed by atoms with E-state index in [0.717, 1.165) is 11.5 Å². The highest BCUT2D eigenvalue weighted by molar-refractivity contribution is 8.76. The van der Waals surface area contributed by atoms with Gasteiger partial charge < -0.3 is 53.6 Å². The molecule has 0 bridgehead atoms. The lowest BCUT2D eigenvalue weighted by molar-refractivity contribution is -0.251. The monoisotopic (exact) mass is 510 g/mol. The summed E-state index contributed by atoms with van der Waals surface area (Å²) < 4.78 is 38.6. The van der Waals surface area contributed by atoms with Crippen LogP contribution in [0.3, 0.4) is 0 Å². The van der Waals surface area contributed by atoms with Gasteiger partial charge in [0.25, 0.3) is 18.9 Å². The molecule has 0 aromatic carbocycles. The first-order valence-electron chi connectivity index (χ1n) is 10.6. The molecule has 4 aliphatic heterocycles. The Hall–Kier alpha value is -0.650. The van der Waals surface area contributed by atoms with Crippen LogP contribution >= 0.6 is 21.6 Å². The minimum absolute atomic E-state index is 0.00710. The molecule has 14 heteroatoms. The summed E-state index contributed by atoms with van der Waals surface area (Å²) in [4.78, 5) is 13.1. The van der Waals surface area contributed by atoms with Gasteiger partial charge in [0.15, 0.2) is 0 Å². The zero-order chi connectivity index (χ0) is 23.4. The number of aliphatic hydroxyl groups excluding tert-OH is 2. The molecule has 0 aromatic heterocycles. The summed E-state index contributed by atoms with van der Waals surface area (Å²) in [5.41, 5.74) is 0.441. The molecule has 8 atom stereocenters. The Bertz CT molecular complexity index is 703. The Labute approximate surface area is 199 Å². The fraction of sp³-hybridized carbons (Fsp3) is 0.842. The topological polar surface area (TPSA) is 137 Å². The average molecular weight is 511 g/mol. The summed E-state index contributed by atoms with van der Waals surface area (Å²) in [6.45, 7) is 1.22. The number of aliphatic hydroxyl groups is 2. The molecule has 4 rings (SSSR count). The van der Waals surface area contributed by atoms with Crippen molar-refractivity contribution in [3.05, 3.63) is 11.8 Å². The van der Waals surface area contributed by atoms with Crippen molar-refractivity contribution < 1.29 is 48.2 Å². The molecule has 0 radical (unpaired) electrons.